The Labute approximate surface area is 140 Å². The molecule has 1 aromatic rings. The zero-order valence-electron chi connectivity index (χ0n) is 13.8. The van der Waals surface area contributed by atoms with Crippen LogP contribution < -0.4 is 0 Å². The van der Waals surface area contributed by atoms with Crippen molar-refractivity contribution in [3.05, 3.63) is 29.8 Å². The first-order valence-corrected chi connectivity index (χ1v) is 8.33. The molecule has 0 spiro atoms. The summed E-state index contributed by atoms with van der Waals surface area (Å²) in [5.41, 5.74) is 0.234. The van der Waals surface area contributed by atoms with E-state index in [2.05, 4.69) is 4.98 Å². The molecule has 1 aromatic heterocycles. The third-order valence-electron chi connectivity index (χ3n) is 4.74. The number of nitrogens with zero attached hydrogens (tertiary/aromatic N) is 3. The normalized spacial score (nSPS) is 21.8. The van der Waals surface area contributed by atoms with Crippen molar-refractivity contribution in [3.63, 3.8) is 0 Å². The number of ether oxygens (including phenoxy) is 1. The number of carbonyl (C=O) groups is 2. The second-order valence-electron chi connectivity index (χ2n) is 6.33. The molecule has 0 radical (unpaired) electrons. The van der Waals surface area contributed by atoms with Crippen LogP contribution in [0.25, 0.3) is 0 Å². The molecule has 6 nitrogen and oxygen atoms in total. The van der Waals surface area contributed by atoms with E-state index in [0.717, 1.165) is 25.5 Å². The number of pyridine rings is 1. The van der Waals surface area contributed by atoms with E-state index in [-0.39, 0.29) is 29.6 Å². The predicted molar refractivity (Wildman–Crippen MR) is 84.9 cm³/mol. The van der Waals surface area contributed by atoms with Gasteiger partial charge in [0.1, 0.15) is 11.5 Å². The Balaban J connectivity index is 1.67. The van der Waals surface area contributed by atoms with E-state index >= 15 is 0 Å². The van der Waals surface area contributed by atoms with Crippen molar-refractivity contribution in [1.82, 2.24) is 14.8 Å². The van der Waals surface area contributed by atoms with Gasteiger partial charge >= 0.3 is 0 Å². The SMILES string of the molecule is CC(=O)N(C1CCOCC1)C1CCN(C(=O)c2ccc(F)cn2)C1. The minimum atomic E-state index is -0.465. The van der Waals surface area contributed by atoms with Crippen molar-refractivity contribution in [2.24, 2.45) is 0 Å². The number of rotatable bonds is 3. The molecule has 130 valence electrons. The van der Waals surface area contributed by atoms with Crippen LogP contribution in [0.5, 0.6) is 0 Å². The molecule has 2 amide bonds. The van der Waals surface area contributed by atoms with Crippen molar-refractivity contribution in [1.29, 1.82) is 0 Å². The molecule has 0 aliphatic carbocycles. The van der Waals surface area contributed by atoms with Gasteiger partial charge in [0.05, 0.1) is 12.2 Å². The summed E-state index contributed by atoms with van der Waals surface area (Å²) in [7, 11) is 0. The minimum absolute atomic E-state index is 0.0231. The van der Waals surface area contributed by atoms with Crippen molar-refractivity contribution >= 4 is 11.8 Å². The lowest BCUT2D eigenvalue weighted by Gasteiger charge is -2.37. The summed E-state index contributed by atoms with van der Waals surface area (Å²) >= 11 is 0. The molecule has 7 heteroatoms. The monoisotopic (exact) mass is 335 g/mol. The molecule has 2 saturated heterocycles. The van der Waals surface area contributed by atoms with E-state index in [4.69, 9.17) is 4.74 Å². The zero-order valence-corrected chi connectivity index (χ0v) is 13.8. The number of aromatic nitrogens is 1. The predicted octanol–water partition coefficient (Wildman–Crippen LogP) is 1.46. The fourth-order valence-electron chi connectivity index (χ4n) is 3.59. The first-order valence-electron chi connectivity index (χ1n) is 8.33. The summed E-state index contributed by atoms with van der Waals surface area (Å²) in [6.07, 6.45) is 3.47. The van der Waals surface area contributed by atoms with E-state index in [9.17, 15) is 14.0 Å². The molecule has 0 saturated carbocycles. The molecule has 0 aromatic carbocycles. The van der Waals surface area contributed by atoms with E-state index in [0.29, 0.717) is 26.3 Å². The van der Waals surface area contributed by atoms with Crippen LogP contribution in [0.4, 0.5) is 4.39 Å². The van der Waals surface area contributed by atoms with Gasteiger partial charge in [-0.15, -0.1) is 0 Å². The van der Waals surface area contributed by atoms with Gasteiger partial charge in [0.25, 0.3) is 5.91 Å². The highest BCUT2D eigenvalue weighted by Gasteiger charge is 2.36. The van der Waals surface area contributed by atoms with Crippen LogP contribution in [0.2, 0.25) is 0 Å². The number of likely N-dealkylation sites (tertiary alicyclic amines) is 1. The molecule has 1 unspecified atom stereocenters. The highest BCUT2D eigenvalue weighted by Crippen LogP contribution is 2.24. The van der Waals surface area contributed by atoms with Gasteiger partial charge in [0, 0.05) is 39.3 Å². The van der Waals surface area contributed by atoms with E-state index < -0.39 is 5.82 Å². The van der Waals surface area contributed by atoms with Crippen molar-refractivity contribution in [3.8, 4) is 0 Å². The van der Waals surface area contributed by atoms with Crippen LogP contribution in [-0.2, 0) is 9.53 Å². The highest BCUT2D eigenvalue weighted by molar-refractivity contribution is 5.92. The number of halogens is 1. The number of amides is 2. The summed E-state index contributed by atoms with van der Waals surface area (Å²) in [4.78, 5) is 32.1. The lowest BCUT2D eigenvalue weighted by Crippen LogP contribution is -2.49. The third kappa shape index (κ3) is 3.56. The van der Waals surface area contributed by atoms with E-state index in [1.807, 2.05) is 4.90 Å². The largest absolute Gasteiger partial charge is 0.381 e. The first kappa shape index (κ1) is 16.8. The summed E-state index contributed by atoms with van der Waals surface area (Å²) in [6.45, 7) is 4.00. The fourth-order valence-corrected chi connectivity index (χ4v) is 3.59. The van der Waals surface area contributed by atoms with Crippen LogP contribution in [-0.4, -0.2) is 65.0 Å². The smallest absolute Gasteiger partial charge is 0.272 e. The second kappa shape index (κ2) is 7.25. The maximum absolute atomic E-state index is 12.9. The van der Waals surface area contributed by atoms with Gasteiger partial charge in [0.2, 0.25) is 5.91 Å². The lowest BCUT2D eigenvalue weighted by atomic mass is 10.0. The molecular weight excluding hydrogens is 313 g/mol. The summed E-state index contributed by atoms with van der Waals surface area (Å²) in [5.74, 6) is -0.637. The summed E-state index contributed by atoms with van der Waals surface area (Å²) < 4.78 is 18.3. The van der Waals surface area contributed by atoms with Crippen molar-refractivity contribution in [2.75, 3.05) is 26.3 Å². The highest BCUT2D eigenvalue weighted by atomic mass is 19.1. The van der Waals surface area contributed by atoms with Gasteiger partial charge in [0.15, 0.2) is 0 Å². The fraction of sp³-hybridized carbons (Fsp3) is 0.588. The molecular formula is C17H22FN3O3. The molecule has 2 fully saturated rings. The molecule has 0 bridgehead atoms. The minimum Gasteiger partial charge on any atom is -0.381 e. The van der Waals surface area contributed by atoms with Gasteiger partial charge in [-0.25, -0.2) is 9.37 Å². The van der Waals surface area contributed by atoms with Gasteiger partial charge < -0.3 is 14.5 Å². The van der Waals surface area contributed by atoms with Crippen LogP contribution >= 0.6 is 0 Å². The van der Waals surface area contributed by atoms with E-state index in [1.54, 1.807) is 11.8 Å². The van der Waals surface area contributed by atoms with Crippen LogP contribution in [0.1, 0.15) is 36.7 Å². The second-order valence-corrected chi connectivity index (χ2v) is 6.33. The zero-order chi connectivity index (χ0) is 17.1. The topological polar surface area (TPSA) is 62.7 Å². The van der Waals surface area contributed by atoms with E-state index in [1.165, 1.54) is 12.1 Å². The molecule has 3 heterocycles. The number of hydrogen-bond donors (Lipinski definition) is 0. The van der Waals surface area contributed by atoms with Crippen molar-refractivity contribution in [2.45, 2.75) is 38.3 Å². The average molecular weight is 335 g/mol. The standard InChI is InChI=1S/C17H22FN3O3/c1-12(22)21(14-5-8-24-9-6-14)15-4-7-20(11-15)17(23)16-3-2-13(18)10-19-16/h2-3,10,14-15H,4-9,11H2,1H3. The third-order valence-corrected chi connectivity index (χ3v) is 4.74. The van der Waals surface area contributed by atoms with Crippen LogP contribution in [0.3, 0.4) is 0 Å². The van der Waals surface area contributed by atoms with Gasteiger partial charge in [-0.3, -0.25) is 9.59 Å². The number of hydrogen-bond acceptors (Lipinski definition) is 4. The quantitative estimate of drug-likeness (QED) is 0.839. The Morgan fingerprint density at radius 3 is 2.62 bits per heavy atom. The molecule has 2 aliphatic rings. The Morgan fingerprint density at radius 1 is 1.25 bits per heavy atom. The average Bonchev–Trinajstić information content (AvgIpc) is 3.05. The molecule has 3 rings (SSSR count). The first-order chi connectivity index (χ1) is 11.6. The molecule has 24 heavy (non-hydrogen) atoms. The maximum atomic E-state index is 12.9. The van der Waals surface area contributed by atoms with Gasteiger partial charge in [-0.2, -0.15) is 0 Å². The Hall–Kier alpha value is -2.02. The molecule has 1 atom stereocenters. The van der Waals surface area contributed by atoms with Gasteiger partial charge in [-0.1, -0.05) is 0 Å². The van der Waals surface area contributed by atoms with Crippen molar-refractivity contribution < 1.29 is 18.7 Å². The maximum Gasteiger partial charge on any atom is 0.272 e. The van der Waals surface area contributed by atoms with Crippen LogP contribution in [0, 0.1) is 5.82 Å². The number of carbonyl (C=O) groups excluding carboxylic acids is 2. The Kier molecular flexibility index (Phi) is 5.08. The molecule has 2 aliphatic heterocycles. The summed E-state index contributed by atoms with van der Waals surface area (Å²) in [5, 5.41) is 0. The molecule has 0 N–H and O–H groups in total. The van der Waals surface area contributed by atoms with Crippen LogP contribution in [0.15, 0.2) is 18.3 Å². The lowest BCUT2D eigenvalue weighted by molar-refractivity contribution is -0.135. The summed E-state index contributed by atoms with van der Waals surface area (Å²) in [6, 6.07) is 2.83. The Morgan fingerprint density at radius 2 is 2.00 bits per heavy atom. The Bertz CT molecular complexity index is 602. The van der Waals surface area contributed by atoms with Gasteiger partial charge in [-0.05, 0) is 31.4 Å².